The molecule has 1 aliphatic carbocycles. The number of fused-ring (bicyclic) bond motifs is 4. The molecule has 0 spiro atoms. The molecule has 4 rings (SSSR count). The number of rotatable bonds is 3. The van der Waals surface area contributed by atoms with E-state index in [2.05, 4.69) is 96.1 Å². The van der Waals surface area contributed by atoms with Gasteiger partial charge in [-0.05, 0) is 87.4 Å². The van der Waals surface area contributed by atoms with E-state index in [4.69, 9.17) is 4.74 Å². The fraction of sp³-hybridized carbons (Fsp3) is 0.438. The van der Waals surface area contributed by atoms with E-state index in [1.54, 1.807) is 0 Å². The standard InChI is InChI=1S/C32H40O/c1-31(2,3)27-18-23-13-15-25-20-28(32(4,5)6)21-26(30(25)33-7)16-14-24(19-27)29(23)17-22-11-9-8-10-12-22/h8-12,18-21H,13-17H2,1-7H3. The summed E-state index contributed by atoms with van der Waals surface area (Å²) in [4.78, 5) is 0. The van der Waals surface area contributed by atoms with Gasteiger partial charge in [0.1, 0.15) is 5.75 Å². The maximum Gasteiger partial charge on any atom is 0.125 e. The summed E-state index contributed by atoms with van der Waals surface area (Å²) >= 11 is 0. The molecule has 0 heterocycles. The summed E-state index contributed by atoms with van der Waals surface area (Å²) in [5, 5.41) is 0. The first-order valence-electron chi connectivity index (χ1n) is 12.5. The maximum atomic E-state index is 5.99. The first-order chi connectivity index (χ1) is 15.6. The fourth-order valence-corrected chi connectivity index (χ4v) is 5.06. The second-order valence-electron chi connectivity index (χ2n) is 11.8. The van der Waals surface area contributed by atoms with Gasteiger partial charge in [0.15, 0.2) is 0 Å². The Morgan fingerprint density at radius 1 is 0.636 bits per heavy atom. The van der Waals surface area contributed by atoms with Gasteiger partial charge in [0.25, 0.3) is 0 Å². The van der Waals surface area contributed by atoms with Gasteiger partial charge in [0.05, 0.1) is 7.11 Å². The largest absolute Gasteiger partial charge is 0.496 e. The van der Waals surface area contributed by atoms with Gasteiger partial charge in [0.2, 0.25) is 0 Å². The van der Waals surface area contributed by atoms with E-state index in [9.17, 15) is 0 Å². The summed E-state index contributed by atoms with van der Waals surface area (Å²) < 4.78 is 5.99. The van der Waals surface area contributed by atoms with Crippen LogP contribution in [-0.4, -0.2) is 7.11 Å². The number of hydrogen-bond donors (Lipinski definition) is 0. The van der Waals surface area contributed by atoms with Crippen LogP contribution in [0.15, 0.2) is 54.6 Å². The predicted octanol–water partition coefficient (Wildman–Crippen LogP) is 7.76. The molecule has 3 aromatic carbocycles. The highest BCUT2D eigenvalue weighted by atomic mass is 16.5. The average molecular weight is 441 g/mol. The second kappa shape index (κ2) is 9.01. The van der Waals surface area contributed by atoms with E-state index in [1.807, 2.05) is 7.11 Å². The summed E-state index contributed by atoms with van der Waals surface area (Å²) in [5.74, 6) is 1.11. The fourth-order valence-electron chi connectivity index (χ4n) is 5.06. The minimum atomic E-state index is 0.131. The van der Waals surface area contributed by atoms with Crippen molar-refractivity contribution >= 4 is 0 Å². The third-order valence-electron chi connectivity index (χ3n) is 7.16. The van der Waals surface area contributed by atoms with Crippen LogP contribution in [0.1, 0.15) is 86.1 Å². The number of benzene rings is 3. The number of ether oxygens (including phenoxy) is 1. The SMILES string of the molecule is COc1c2cc(C(C)(C)C)cc1CCc1cc(C(C)(C)C)cc(c1Cc1ccccc1)CC2. The summed E-state index contributed by atoms with van der Waals surface area (Å²) in [6, 6.07) is 20.7. The molecule has 33 heavy (non-hydrogen) atoms. The summed E-state index contributed by atoms with van der Waals surface area (Å²) in [6.45, 7) is 13.9. The van der Waals surface area contributed by atoms with Crippen molar-refractivity contribution < 1.29 is 4.74 Å². The Morgan fingerprint density at radius 2 is 1.06 bits per heavy atom. The molecule has 1 nitrogen and oxygen atoms in total. The van der Waals surface area contributed by atoms with Crippen LogP contribution in [0.4, 0.5) is 0 Å². The number of methoxy groups -OCH3 is 1. The quantitative estimate of drug-likeness (QED) is 0.404. The van der Waals surface area contributed by atoms with Crippen LogP contribution in [0, 0.1) is 0 Å². The van der Waals surface area contributed by atoms with Crippen molar-refractivity contribution in [1.29, 1.82) is 0 Å². The van der Waals surface area contributed by atoms with Crippen molar-refractivity contribution in [2.45, 2.75) is 84.5 Å². The predicted molar refractivity (Wildman–Crippen MR) is 141 cm³/mol. The molecular formula is C32H40O. The smallest absolute Gasteiger partial charge is 0.125 e. The van der Waals surface area contributed by atoms with Gasteiger partial charge < -0.3 is 4.74 Å². The molecule has 0 radical (unpaired) electrons. The lowest BCUT2D eigenvalue weighted by Gasteiger charge is -2.27. The van der Waals surface area contributed by atoms with E-state index >= 15 is 0 Å². The van der Waals surface area contributed by atoms with E-state index in [0.29, 0.717) is 0 Å². The van der Waals surface area contributed by atoms with Gasteiger partial charge in [-0.1, -0.05) is 96.1 Å². The Bertz CT molecular complexity index is 1070. The molecule has 0 amide bonds. The highest BCUT2D eigenvalue weighted by molar-refractivity contribution is 5.51. The van der Waals surface area contributed by atoms with Gasteiger partial charge in [-0.15, -0.1) is 0 Å². The average Bonchev–Trinajstić information content (AvgIpc) is 2.75. The number of hydrogen-bond acceptors (Lipinski definition) is 1. The molecular weight excluding hydrogens is 400 g/mol. The Labute approximate surface area is 201 Å². The Hall–Kier alpha value is -2.54. The lowest BCUT2D eigenvalue weighted by Crippen LogP contribution is -2.17. The van der Waals surface area contributed by atoms with Crippen molar-refractivity contribution in [2.75, 3.05) is 7.11 Å². The van der Waals surface area contributed by atoms with Crippen molar-refractivity contribution in [1.82, 2.24) is 0 Å². The van der Waals surface area contributed by atoms with Crippen LogP contribution in [0.2, 0.25) is 0 Å². The Morgan fingerprint density at radius 3 is 1.48 bits per heavy atom. The molecule has 0 unspecified atom stereocenters. The zero-order chi connectivity index (χ0) is 23.8. The molecule has 0 fully saturated rings. The molecule has 0 aliphatic heterocycles. The van der Waals surface area contributed by atoms with Crippen molar-refractivity contribution in [2.24, 2.45) is 0 Å². The lowest BCUT2D eigenvalue weighted by molar-refractivity contribution is 0.403. The zero-order valence-electron chi connectivity index (χ0n) is 21.6. The van der Waals surface area contributed by atoms with Crippen molar-refractivity contribution in [3.05, 3.63) is 99.1 Å². The van der Waals surface area contributed by atoms with Crippen LogP contribution >= 0.6 is 0 Å². The van der Waals surface area contributed by atoms with E-state index in [-0.39, 0.29) is 10.8 Å². The van der Waals surface area contributed by atoms with Crippen molar-refractivity contribution in [3.8, 4) is 5.75 Å². The molecule has 1 aliphatic rings. The molecule has 1 heteroatoms. The molecule has 3 aromatic rings. The highest BCUT2D eigenvalue weighted by Gasteiger charge is 2.24. The van der Waals surface area contributed by atoms with Gasteiger partial charge in [-0.2, -0.15) is 0 Å². The number of aryl methyl sites for hydroxylation is 4. The van der Waals surface area contributed by atoms with E-state index in [0.717, 1.165) is 37.9 Å². The topological polar surface area (TPSA) is 9.23 Å². The summed E-state index contributed by atoms with van der Waals surface area (Å²) in [5.41, 5.74) is 11.8. The molecule has 0 aromatic heterocycles. The van der Waals surface area contributed by atoms with Gasteiger partial charge >= 0.3 is 0 Å². The van der Waals surface area contributed by atoms with Crippen LogP contribution in [0.3, 0.4) is 0 Å². The van der Waals surface area contributed by atoms with Crippen LogP contribution in [0.25, 0.3) is 0 Å². The van der Waals surface area contributed by atoms with E-state index in [1.165, 1.54) is 44.5 Å². The third-order valence-corrected chi connectivity index (χ3v) is 7.16. The van der Waals surface area contributed by atoms with Gasteiger partial charge in [0, 0.05) is 0 Å². The second-order valence-corrected chi connectivity index (χ2v) is 11.8. The minimum Gasteiger partial charge on any atom is -0.496 e. The van der Waals surface area contributed by atoms with Gasteiger partial charge in [-0.3, -0.25) is 0 Å². The Balaban J connectivity index is 1.85. The monoisotopic (exact) mass is 440 g/mol. The van der Waals surface area contributed by atoms with Crippen LogP contribution < -0.4 is 4.74 Å². The molecule has 0 N–H and O–H groups in total. The zero-order valence-corrected chi connectivity index (χ0v) is 21.6. The van der Waals surface area contributed by atoms with Gasteiger partial charge in [-0.25, -0.2) is 0 Å². The maximum absolute atomic E-state index is 5.99. The van der Waals surface area contributed by atoms with Crippen LogP contribution in [0.5, 0.6) is 5.75 Å². The van der Waals surface area contributed by atoms with Crippen LogP contribution in [-0.2, 0) is 42.9 Å². The lowest BCUT2D eigenvalue weighted by atomic mass is 9.78. The molecule has 0 saturated carbocycles. The first-order valence-corrected chi connectivity index (χ1v) is 12.5. The summed E-state index contributed by atoms with van der Waals surface area (Å²) in [6.07, 6.45) is 5.11. The third kappa shape index (κ3) is 5.18. The summed E-state index contributed by atoms with van der Waals surface area (Å²) in [7, 11) is 1.84. The molecule has 0 atom stereocenters. The first kappa shape index (κ1) is 23.6. The minimum absolute atomic E-state index is 0.131. The normalized spacial score (nSPS) is 14.2. The molecule has 4 bridgehead atoms. The van der Waals surface area contributed by atoms with Crippen molar-refractivity contribution in [3.63, 3.8) is 0 Å². The molecule has 0 saturated heterocycles. The Kier molecular flexibility index (Phi) is 6.45. The van der Waals surface area contributed by atoms with E-state index < -0.39 is 0 Å². The molecule has 174 valence electrons. The highest BCUT2D eigenvalue weighted by Crippen LogP contribution is 2.37.